The molecule has 0 saturated carbocycles. The molecule has 1 amide bonds. The van der Waals surface area contributed by atoms with Gasteiger partial charge in [-0.2, -0.15) is 0 Å². The van der Waals surface area contributed by atoms with Gasteiger partial charge in [0.1, 0.15) is 5.69 Å². The standard InChI is InChI=1S/C16H20N4O/c1-19(2)16(21)15-10-14(8-9-18-15)20(3)13-6-4-12(11-17)5-7-13/h4-10H,11,17H2,1-3H3. The molecule has 0 atom stereocenters. The lowest BCUT2D eigenvalue weighted by Gasteiger charge is -2.20. The van der Waals surface area contributed by atoms with Crippen molar-refractivity contribution in [3.63, 3.8) is 0 Å². The summed E-state index contributed by atoms with van der Waals surface area (Å²) >= 11 is 0. The Morgan fingerprint density at radius 2 is 1.76 bits per heavy atom. The molecule has 0 bridgehead atoms. The summed E-state index contributed by atoms with van der Waals surface area (Å²) in [4.78, 5) is 19.6. The summed E-state index contributed by atoms with van der Waals surface area (Å²) < 4.78 is 0. The zero-order chi connectivity index (χ0) is 15.4. The average molecular weight is 284 g/mol. The van der Waals surface area contributed by atoms with E-state index >= 15 is 0 Å². The number of benzene rings is 1. The van der Waals surface area contributed by atoms with Gasteiger partial charge >= 0.3 is 0 Å². The Kier molecular flexibility index (Phi) is 4.55. The van der Waals surface area contributed by atoms with E-state index in [2.05, 4.69) is 4.98 Å². The van der Waals surface area contributed by atoms with Gasteiger partial charge in [-0.15, -0.1) is 0 Å². The molecule has 0 aliphatic rings. The van der Waals surface area contributed by atoms with Crippen LogP contribution in [0.3, 0.4) is 0 Å². The smallest absolute Gasteiger partial charge is 0.272 e. The summed E-state index contributed by atoms with van der Waals surface area (Å²) in [6.45, 7) is 0.529. The Bertz CT molecular complexity index is 622. The number of carbonyl (C=O) groups excluding carboxylic acids is 1. The van der Waals surface area contributed by atoms with Crippen LogP contribution >= 0.6 is 0 Å². The second-order valence-corrected chi connectivity index (χ2v) is 5.03. The monoisotopic (exact) mass is 284 g/mol. The van der Waals surface area contributed by atoms with Gasteiger partial charge < -0.3 is 15.5 Å². The van der Waals surface area contributed by atoms with Crippen LogP contribution in [0.2, 0.25) is 0 Å². The van der Waals surface area contributed by atoms with Gasteiger partial charge in [0.2, 0.25) is 0 Å². The molecule has 2 aromatic rings. The van der Waals surface area contributed by atoms with Crippen molar-refractivity contribution >= 4 is 17.3 Å². The summed E-state index contributed by atoms with van der Waals surface area (Å²) in [5, 5.41) is 0. The Hall–Kier alpha value is -2.40. The maximum Gasteiger partial charge on any atom is 0.272 e. The van der Waals surface area contributed by atoms with Crippen LogP contribution in [0.5, 0.6) is 0 Å². The van der Waals surface area contributed by atoms with Crippen LogP contribution in [0.4, 0.5) is 11.4 Å². The normalized spacial score (nSPS) is 10.3. The van der Waals surface area contributed by atoms with Crippen molar-refractivity contribution in [2.45, 2.75) is 6.54 Å². The van der Waals surface area contributed by atoms with E-state index in [4.69, 9.17) is 5.73 Å². The molecule has 1 heterocycles. The third-order valence-corrected chi connectivity index (χ3v) is 3.32. The fourth-order valence-electron chi connectivity index (χ4n) is 1.98. The lowest BCUT2D eigenvalue weighted by atomic mass is 10.2. The fraction of sp³-hybridized carbons (Fsp3) is 0.250. The van der Waals surface area contributed by atoms with Gasteiger partial charge in [-0.1, -0.05) is 12.1 Å². The molecule has 21 heavy (non-hydrogen) atoms. The molecule has 0 aliphatic carbocycles. The number of nitrogens with two attached hydrogens (primary N) is 1. The summed E-state index contributed by atoms with van der Waals surface area (Å²) in [6.07, 6.45) is 1.65. The fourth-order valence-corrected chi connectivity index (χ4v) is 1.98. The minimum Gasteiger partial charge on any atom is -0.345 e. The van der Waals surface area contributed by atoms with E-state index < -0.39 is 0 Å². The molecule has 0 fully saturated rings. The van der Waals surface area contributed by atoms with E-state index in [1.165, 1.54) is 4.90 Å². The summed E-state index contributed by atoms with van der Waals surface area (Å²) in [5.41, 5.74) is 9.07. The summed E-state index contributed by atoms with van der Waals surface area (Å²) in [5.74, 6) is -0.108. The topological polar surface area (TPSA) is 62.5 Å². The molecule has 0 saturated heterocycles. The second kappa shape index (κ2) is 6.37. The molecule has 110 valence electrons. The third kappa shape index (κ3) is 3.38. The minimum absolute atomic E-state index is 0.108. The Labute approximate surface area is 125 Å². The van der Waals surface area contributed by atoms with E-state index in [0.29, 0.717) is 12.2 Å². The summed E-state index contributed by atoms with van der Waals surface area (Å²) in [6, 6.07) is 11.7. The maximum absolute atomic E-state index is 12.0. The molecule has 1 aromatic heterocycles. The minimum atomic E-state index is -0.108. The average Bonchev–Trinajstić information content (AvgIpc) is 2.53. The SMILES string of the molecule is CN(C)C(=O)c1cc(N(C)c2ccc(CN)cc2)ccn1. The van der Waals surface area contributed by atoms with Gasteiger partial charge in [0, 0.05) is 45.3 Å². The predicted octanol–water partition coefficient (Wildman–Crippen LogP) is 2.01. The number of nitrogens with zero attached hydrogens (tertiary/aromatic N) is 3. The number of aromatic nitrogens is 1. The zero-order valence-electron chi connectivity index (χ0n) is 12.6. The number of hydrogen-bond donors (Lipinski definition) is 1. The van der Waals surface area contributed by atoms with Gasteiger partial charge in [-0.05, 0) is 29.8 Å². The maximum atomic E-state index is 12.0. The lowest BCUT2D eigenvalue weighted by Crippen LogP contribution is -2.23. The highest BCUT2D eigenvalue weighted by molar-refractivity contribution is 5.93. The van der Waals surface area contributed by atoms with E-state index in [0.717, 1.165) is 16.9 Å². The predicted molar refractivity (Wildman–Crippen MR) is 84.7 cm³/mol. The van der Waals surface area contributed by atoms with Crippen molar-refractivity contribution in [2.75, 3.05) is 26.0 Å². The van der Waals surface area contributed by atoms with Crippen LogP contribution in [0.15, 0.2) is 42.6 Å². The Morgan fingerprint density at radius 1 is 1.10 bits per heavy atom. The molecular formula is C16H20N4O. The molecule has 1 aromatic carbocycles. The van der Waals surface area contributed by atoms with Gasteiger partial charge in [0.05, 0.1) is 0 Å². The van der Waals surface area contributed by atoms with Gasteiger partial charge in [-0.25, -0.2) is 0 Å². The molecular weight excluding hydrogens is 264 g/mol. The van der Waals surface area contributed by atoms with E-state index in [1.54, 1.807) is 26.4 Å². The number of pyridine rings is 1. The molecule has 0 radical (unpaired) electrons. The molecule has 2 N–H and O–H groups in total. The van der Waals surface area contributed by atoms with Crippen molar-refractivity contribution in [1.82, 2.24) is 9.88 Å². The van der Waals surface area contributed by atoms with Crippen LogP contribution in [0.25, 0.3) is 0 Å². The number of carbonyl (C=O) groups is 1. The van der Waals surface area contributed by atoms with Gasteiger partial charge in [-0.3, -0.25) is 9.78 Å². The Morgan fingerprint density at radius 3 is 2.33 bits per heavy atom. The van der Waals surface area contributed by atoms with E-state index in [9.17, 15) is 4.79 Å². The first-order chi connectivity index (χ1) is 10.0. The summed E-state index contributed by atoms with van der Waals surface area (Å²) in [7, 11) is 5.38. The van der Waals surface area contributed by atoms with Crippen molar-refractivity contribution in [3.05, 3.63) is 53.9 Å². The van der Waals surface area contributed by atoms with Crippen LogP contribution in [0, 0.1) is 0 Å². The van der Waals surface area contributed by atoms with Crippen LogP contribution < -0.4 is 10.6 Å². The quantitative estimate of drug-likeness (QED) is 0.933. The van der Waals surface area contributed by atoms with Crippen molar-refractivity contribution < 1.29 is 4.79 Å². The number of rotatable bonds is 4. The highest BCUT2D eigenvalue weighted by atomic mass is 16.2. The van der Waals surface area contributed by atoms with Crippen molar-refractivity contribution in [2.24, 2.45) is 5.73 Å². The molecule has 5 nitrogen and oxygen atoms in total. The number of hydrogen-bond acceptors (Lipinski definition) is 4. The molecule has 0 spiro atoms. The lowest BCUT2D eigenvalue weighted by molar-refractivity contribution is 0.0822. The number of amides is 1. The van der Waals surface area contributed by atoms with E-state index in [-0.39, 0.29) is 5.91 Å². The second-order valence-electron chi connectivity index (χ2n) is 5.03. The highest BCUT2D eigenvalue weighted by Crippen LogP contribution is 2.24. The first kappa shape index (κ1) is 15.0. The zero-order valence-corrected chi connectivity index (χ0v) is 12.6. The number of anilines is 2. The van der Waals surface area contributed by atoms with Crippen molar-refractivity contribution in [3.8, 4) is 0 Å². The Balaban J connectivity index is 2.28. The third-order valence-electron chi connectivity index (χ3n) is 3.32. The molecule has 2 rings (SSSR count). The largest absolute Gasteiger partial charge is 0.345 e. The van der Waals surface area contributed by atoms with Crippen LogP contribution in [-0.4, -0.2) is 36.9 Å². The first-order valence-corrected chi connectivity index (χ1v) is 6.73. The first-order valence-electron chi connectivity index (χ1n) is 6.73. The molecule has 0 unspecified atom stereocenters. The van der Waals surface area contributed by atoms with Gasteiger partial charge in [0.15, 0.2) is 0 Å². The van der Waals surface area contributed by atoms with Crippen LogP contribution in [-0.2, 0) is 6.54 Å². The van der Waals surface area contributed by atoms with Gasteiger partial charge in [0.25, 0.3) is 5.91 Å². The van der Waals surface area contributed by atoms with Crippen molar-refractivity contribution in [1.29, 1.82) is 0 Å². The molecule has 5 heteroatoms. The van der Waals surface area contributed by atoms with Crippen LogP contribution in [0.1, 0.15) is 16.1 Å². The van der Waals surface area contributed by atoms with E-state index in [1.807, 2.05) is 42.3 Å². The molecule has 0 aliphatic heterocycles. The highest BCUT2D eigenvalue weighted by Gasteiger charge is 2.12.